The molecule has 0 aliphatic carbocycles. The van der Waals surface area contributed by atoms with Crippen molar-refractivity contribution in [3.63, 3.8) is 0 Å². The first kappa shape index (κ1) is 14.2. The quantitative estimate of drug-likeness (QED) is 0.823. The van der Waals surface area contributed by atoms with Gasteiger partial charge in [-0.15, -0.1) is 0 Å². The Labute approximate surface area is 127 Å². The minimum absolute atomic E-state index is 0.0774. The molecule has 0 saturated carbocycles. The van der Waals surface area contributed by atoms with E-state index in [0.717, 1.165) is 11.1 Å². The summed E-state index contributed by atoms with van der Waals surface area (Å²) in [7, 11) is 1.52. The number of likely N-dealkylation sites (tertiary alicyclic amines) is 1. The van der Waals surface area contributed by atoms with Gasteiger partial charge in [0, 0.05) is 38.3 Å². The molecule has 7 nitrogen and oxygen atoms in total. The predicted molar refractivity (Wildman–Crippen MR) is 78.7 cm³/mol. The second-order valence-electron chi connectivity index (χ2n) is 5.13. The SMILES string of the molecule is Cn1nc(C(=O)N2CCC(Oc3ccccn3)C2)ccc1=O. The Balaban J connectivity index is 1.65. The Morgan fingerprint density at radius 2 is 2.18 bits per heavy atom. The number of aromatic nitrogens is 3. The normalized spacial score (nSPS) is 17.5. The largest absolute Gasteiger partial charge is 0.472 e. The molecule has 7 heteroatoms. The van der Waals surface area contributed by atoms with Gasteiger partial charge in [0.1, 0.15) is 11.8 Å². The summed E-state index contributed by atoms with van der Waals surface area (Å²) in [5.41, 5.74) is 0.0231. The Morgan fingerprint density at radius 1 is 1.32 bits per heavy atom. The van der Waals surface area contributed by atoms with E-state index in [1.165, 1.54) is 19.2 Å². The van der Waals surface area contributed by atoms with Gasteiger partial charge in [0.25, 0.3) is 11.5 Å². The predicted octanol–water partition coefficient (Wildman–Crippen LogP) is 0.469. The second kappa shape index (κ2) is 5.97. The van der Waals surface area contributed by atoms with Gasteiger partial charge in [-0.2, -0.15) is 5.10 Å². The molecular weight excluding hydrogens is 284 g/mol. The number of aryl methyl sites for hydroxylation is 1. The topological polar surface area (TPSA) is 77.3 Å². The molecule has 2 aromatic rings. The van der Waals surface area contributed by atoms with Gasteiger partial charge >= 0.3 is 0 Å². The average Bonchev–Trinajstić information content (AvgIpc) is 2.99. The van der Waals surface area contributed by atoms with Crippen molar-refractivity contribution in [3.05, 3.63) is 52.6 Å². The molecule has 22 heavy (non-hydrogen) atoms. The zero-order valence-electron chi connectivity index (χ0n) is 12.2. The summed E-state index contributed by atoms with van der Waals surface area (Å²) in [5, 5.41) is 3.99. The van der Waals surface area contributed by atoms with Crippen LogP contribution in [-0.2, 0) is 7.05 Å². The average molecular weight is 300 g/mol. The fourth-order valence-electron chi connectivity index (χ4n) is 2.37. The number of nitrogens with zero attached hydrogens (tertiary/aromatic N) is 4. The molecule has 1 saturated heterocycles. The first-order valence-corrected chi connectivity index (χ1v) is 7.05. The van der Waals surface area contributed by atoms with Gasteiger partial charge in [-0.1, -0.05) is 6.07 Å². The molecule has 1 aliphatic heterocycles. The van der Waals surface area contributed by atoms with E-state index in [0.29, 0.717) is 19.0 Å². The van der Waals surface area contributed by atoms with Crippen LogP contribution in [0.5, 0.6) is 5.88 Å². The van der Waals surface area contributed by atoms with E-state index >= 15 is 0 Å². The van der Waals surface area contributed by atoms with Gasteiger partial charge in [0.2, 0.25) is 5.88 Å². The summed E-state index contributed by atoms with van der Waals surface area (Å²) in [5.74, 6) is 0.366. The molecular formula is C15H16N4O3. The van der Waals surface area contributed by atoms with E-state index in [1.54, 1.807) is 17.2 Å². The molecule has 1 fully saturated rings. The number of carbonyl (C=O) groups excluding carboxylic acids is 1. The smallest absolute Gasteiger partial charge is 0.274 e. The molecule has 3 heterocycles. The van der Waals surface area contributed by atoms with E-state index in [4.69, 9.17) is 4.74 Å². The molecule has 0 aromatic carbocycles. The molecule has 2 aromatic heterocycles. The number of amides is 1. The summed E-state index contributed by atoms with van der Waals surface area (Å²) in [6.07, 6.45) is 2.33. The molecule has 1 atom stereocenters. The van der Waals surface area contributed by atoms with Crippen LogP contribution in [0.15, 0.2) is 41.3 Å². The highest BCUT2D eigenvalue weighted by Gasteiger charge is 2.29. The Kier molecular flexibility index (Phi) is 3.86. The lowest BCUT2D eigenvalue weighted by atomic mass is 10.3. The third-order valence-corrected chi connectivity index (χ3v) is 3.54. The maximum atomic E-state index is 12.4. The molecule has 0 spiro atoms. The van der Waals surface area contributed by atoms with E-state index in [9.17, 15) is 9.59 Å². The number of carbonyl (C=O) groups is 1. The van der Waals surface area contributed by atoms with Crippen LogP contribution in [0.25, 0.3) is 0 Å². The van der Waals surface area contributed by atoms with Crippen molar-refractivity contribution in [3.8, 4) is 5.88 Å². The van der Waals surface area contributed by atoms with Crippen LogP contribution in [0, 0.1) is 0 Å². The van der Waals surface area contributed by atoms with Gasteiger partial charge in [-0.25, -0.2) is 9.67 Å². The zero-order valence-corrected chi connectivity index (χ0v) is 12.2. The molecule has 1 unspecified atom stereocenters. The zero-order chi connectivity index (χ0) is 15.5. The molecule has 0 bridgehead atoms. The van der Waals surface area contributed by atoms with Crippen LogP contribution in [0.3, 0.4) is 0 Å². The van der Waals surface area contributed by atoms with Gasteiger partial charge in [-0.05, 0) is 12.1 Å². The number of hydrogen-bond acceptors (Lipinski definition) is 5. The van der Waals surface area contributed by atoms with Crippen LogP contribution >= 0.6 is 0 Å². The van der Waals surface area contributed by atoms with Crippen molar-refractivity contribution in [2.45, 2.75) is 12.5 Å². The van der Waals surface area contributed by atoms with E-state index in [-0.39, 0.29) is 23.3 Å². The van der Waals surface area contributed by atoms with Crippen molar-refractivity contribution in [2.24, 2.45) is 7.05 Å². The number of ether oxygens (including phenoxy) is 1. The van der Waals surface area contributed by atoms with Gasteiger partial charge in [0.05, 0.1) is 6.54 Å². The maximum absolute atomic E-state index is 12.4. The highest BCUT2D eigenvalue weighted by Crippen LogP contribution is 2.17. The van der Waals surface area contributed by atoms with E-state index in [1.807, 2.05) is 12.1 Å². The molecule has 1 aliphatic rings. The van der Waals surface area contributed by atoms with Gasteiger partial charge in [-0.3, -0.25) is 9.59 Å². The lowest BCUT2D eigenvalue weighted by molar-refractivity contribution is 0.0763. The molecule has 1 amide bonds. The van der Waals surface area contributed by atoms with Crippen LogP contribution in [0.2, 0.25) is 0 Å². The Morgan fingerprint density at radius 3 is 2.91 bits per heavy atom. The monoisotopic (exact) mass is 300 g/mol. The van der Waals surface area contributed by atoms with Crippen LogP contribution in [0.4, 0.5) is 0 Å². The summed E-state index contributed by atoms with van der Waals surface area (Å²) in [4.78, 5) is 29.5. The summed E-state index contributed by atoms with van der Waals surface area (Å²) >= 11 is 0. The Hall–Kier alpha value is -2.70. The van der Waals surface area contributed by atoms with Gasteiger partial charge < -0.3 is 9.64 Å². The van der Waals surface area contributed by atoms with E-state index < -0.39 is 0 Å². The minimum Gasteiger partial charge on any atom is -0.472 e. The maximum Gasteiger partial charge on any atom is 0.274 e. The van der Waals surface area contributed by atoms with Crippen molar-refractivity contribution >= 4 is 5.91 Å². The Bertz CT molecular complexity index is 729. The van der Waals surface area contributed by atoms with Gasteiger partial charge in [0.15, 0.2) is 0 Å². The van der Waals surface area contributed by atoms with Crippen LogP contribution in [-0.4, -0.2) is 44.8 Å². The van der Waals surface area contributed by atoms with Crippen LogP contribution < -0.4 is 10.3 Å². The summed E-state index contributed by atoms with van der Waals surface area (Å²) < 4.78 is 6.91. The van der Waals surface area contributed by atoms with Crippen molar-refractivity contribution in [2.75, 3.05) is 13.1 Å². The third kappa shape index (κ3) is 2.98. The number of pyridine rings is 1. The summed E-state index contributed by atoms with van der Waals surface area (Å²) in [6, 6.07) is 8.27. The lowest BCUT2D eigenvalue weighted by Gasteiger charge is -2.16. The van der Waals surface area contributed by atoms with E-state index in [2.05, 4.69) is 10.1 Å². The molecule has 3 rings (SSSR count). The fraction of sp³-hybridized carbons (Fsp3) is 0.333. The summed E-state index contributed by atoms with van der Waals surface area (Å²) in [6.45, 7) is 1.08. The highest BCUT2D eigenvalue weighted by molar-refractivity contribution is 5.92. The number of hydrogen-bond donors (Lipinski definition) is 0. The fourth-order valence-corrected chi connectivity index (χ4v) is 2.37. The first-order chi connectivity index (χ1) is 10.6. The standard InChI is InChI=1S/C15H16N4O3/c1-18-14(20)6-5-12(17-18)15(21)19-9-7-11(10-19)22-13-4-2-3-8-16-13/h2-6,8,11H,7,9-10H2,1H3. The second-order valence-corrected chi connectivity index (χ2v) is 5.13. The van der Waals surface area contributed by atoms with Crippen molar-refractivity contribution < 1.29 is 9.53 Å². The molecule has 114 valence electrons. The van der Waals surface area contributed by atoms with Crippen LogP contribution in [0.1, 0.15) is 16.9 Å². The first-order valence-electron chi connectivity index (χ1n) is 7.05. The van der Waals surface area contributed by atoms with Crippen molar-refractivity contribution in [1.82, 2.24) is 19.7 Å². The minimum atomic E-state index is -0.241. The molecule has 0 N–H and O–H groups in total. The third-order valence-electron chi connectivity index (χ3n) is 3.54. The lowest BCUT2D eigenvalue weighted by Crippen LogP contribution is -2.33. The molecule has 0 radical (unpaired) electrons. The highest BCUT2D eigenvalue weighted by atomic mass is 16.5. The van der Waals surface area contributed by atoms with Crippen molar-refractivity contribution in [1.29, 1.82) is 0 Å². The number of rotatable bonds is 3.